The van der Waals surface area contributed by atoms with Crippen molar-refractivity contribution >= 4 is 33.8 Å². The van der Waals surface area contributed by atoms with E-state index in [0.29, 0.717) is 5.69 Å². The molecule has 10 nitrogen and oxygen atoms in total. The molecule has 0 unspecified atom stereocenters. The van der Waals surface area contributed by atoms with Gasteiger partial charge in [-0.05, 0) is 12.1 Å². The zero-order chi connectivity index (χ0) is 16.6. The number of aromatic nitrogens is 2. The summed E-state index contributed by atoms with van der Waals surface area (Å²) in [5.74, 6) is 0. The molecule has 0 atom stereocenters. The lowest BCUT2D eigenvalue weighted by Gasteiger charge is -2.08. The fraction of sp³-hybridized carbons (Fsp3) is 0. The van der Waals surface area contributed by atoms with E-state index in [0.717, 1.165) is 6.07 Å². The quantitative estimate of drug-likeness (QED) is 0.497. The van der Waals surface area contributed by atoms with Gasteiger partial charge in [-0.25, -0.2) is 4.79 Å². The topological polar surface area (TPSA) is 147 Å². The number of fused-ring (bicyclic) bond motifs is 1. The average Bonchev–Trinajstić information content (AvgIpc) is 2.86. The number of H-pyrrole nitrogens is 2. The van der Waals surface area contributed by atoms with Crippen LogP contribution in [0, 0.1) is 20.2 Å². The second-order valence-electron chi connectivity index (χ2n) is 4.63. The summed E-state index contributed by atoms with van der Waals surface area (Å²) in [5.41, 5.74) is -1.74. The highest BCUT2D eigenvalue weighted by atomic mass is 16.6. The lowest BCUT2D eigenvalue weighted by atomic mass is 10.2. The number of aromatic amines is 2. The first kappa shape index (κ1) is 14.3. The number of imidazole rings is 1. The summed E-state index contributed by atoms with van der Waals surface area (Å²) in [6.07, 6.45) is 0. The molecule has 0 spiro atoms. The minimum Gasteiger partial charge on any atom is -0.344 e. The van der Waals surface area contributed by atoms with Crippen molar-refractivity contribution in [3.05, 3.63) is 67.1 Å². The fourth-order valence-electron chi connectivity index (χ4n) is 2.26. The van der Waals surface area contributed by atoms with Gasteiger partial charge in [0.15, 0.2) is 5.69 Å². The minimum absolute atomic E-state index is 0.00740. The van der Waals surface area contributed by atoms with Crippen molar-refractivity contribution in [3.63, 3.8) is 0 Å². The number of rotatable bonds is 4. The van der Waals surface area contributed by atoms with E-state index in [1.54, 1.807) is 30.3 Å². The van der Waals surface area contributed by atoms with Crippen molar-refractivity contribution in [1.82, 2.24) is 9.97 Å². The largest absolute Gasteiger partial charge is 0.344 e. The second-order valence-corrected chi connectivity index (χ2v) is 4.63. The third kappa shape index (κ3) is 2.48. The van der Waals surface area contributed by atoms with Gasteiger partial charge >= 0.3 is 17.1 Å². The number of benzene rings is 2. The van der Waals surface area contributed by atoms with Crippen LogP contribution < -0.4 is 11.0 Å². The van der Waals surface area contributed by atoms with Crippen LogP contribution >= 0.6 is 0 Å². The number of nitrogens with one attached hydrogen (secondary N) is 3. The maximum atomic E-state index is 11.4. The van der Waals surface area contributed by atoms with Crippen molar-refractivity contribution in [2.45, 2.75) is 0 Å². The molecule has 0 saturated heterocycles. The zero-order valence-electron chi connectivity index (χ0n) is 11.4. The minimum atomic E-state index is -0.773. The lowest BCUT2D eigenvalue weighted by molar-refractivity contribution is -0.391. The SMILES string of the molecule is O=c1[nH]c2cc([N+](=O)[O-])c(Nc3ccccc3)c([N+](=O)[O-])c2[nH]1. The molecule has 0 fully saturated rings. The van der Waals surface area contributed by atoms with E-state index >= 15 is 0 Å². The van der Waals surface area contributed by atoms with Crippen molar-refractivity contribution in [3.8, 4) is 0 Å². The van der Waals surface area contributed by atoms with Gasteiger partial charge in [-0.2, -0.15) is 0 Å². The third-order valence-electron chi connectivity index (χ3n) is 3.19. The molecule has 23 heavy (non-hydrogen) atoms. The van der Waals surface area contributed by atoms with Crippen LogP contribution in [0.1, 0.15) is 0 Å². The molecular weight excluding hydrogens is 306 g/mol. The van der Waals surface area contributed by atoms with Crippen LogP contribution in [0.25, 0.3) is 11.0 Å². The molecule has 3 rings (SSSR count). The van der Waals surface area contributed by atoms with Gasteiger partial charge in [-0.1, -0.05) is 18.2 Å². The van der Waals surface area contributed by atoms with E-state index in [2.05, 4.69) is 15.3 Å². The Labute approximate surface area is 127 Å². The monoisotopic (exact) mass is 315 g/mol. The molecule has 10 heteroatoms. The molecule has 0 radical (unpaired) electrons. The summed E-state index contributed by atoms with van der Waals surface area (Å²) < 4.78 is 0. The van der Waals surface area contributed by atoms with Gasteiger partial charge in [0.05, 0.1) is 15.4 Å². The molecule has 0 amide bonds. The Kier molecular flexibility index (Phi) is 3.26. The second kappa shape index (κ2) is 5.26. The molecule has 0 saturated carbocycles. The van der Waals surface area contributed by atoms with Gasteiger partial charge in [-0.3, -0.25) is 25.2 Å². The van der Waals surface area contributed by atoms with E-state index in [9.17, 15) is 25.0 Å². The smallest absolute Gasteiger partial charge is 0.325 e. The van der Waals surface area contributed by atoms with Gasteiger partial charge in [0.2, 0.25) is 0 Å². The van der Waals surface area contributed by atoms with Crippen molar-refractivity contribution < 1.29 is 9.85 Å². The zero-order valence-corrected chi connectivity index (χ0v) is 11.4. The van der Waals surface area contributed by atoms with Crippen molar-refractivity contribution in [1.29, 1.82) is 0 Å². The van der Waals surface area contributed by atoms with Crippen LogP contribution in [-0.4, -0.2) is 19.8 Å². The molecule has 3 aromatic rings. The van der Waals surface area contributed by atoms with Gasteiger partial charge in [0.25, 0.3) is 0 Å². The van der Waals surface area contributed by atoms with Crippen LogP contribution in [0.15, 0.2) is 41.2 Å². The number of anilines is 2. The van der Waals surface area contributed by atoms with Crippen LogP contribution in [0.5, 0.6) is 0 Å². The summed E-state index contributed by atoms with van der Waals surface area (Å²) in [6.45, 7) is 0. The van der Waals surface area contributed by atoms with E-state index in [1.807, 2.05) is 0 Å². The first-order valence-corrected chi connectivity index (χ1v) is 6.37. The number of nitro benzene ring substituents is 2. The predicted octanol–water partition coefficient (Wildman–Crippen LogP) is 2.42. The first-order valence-electron chi connectivity index (χ1n) is 6.37. The molecule has 2 aromatic carbocycles. The third-order valence-corrected chi connectivity index (χ3v) is 3.19. The number of nitro groups is 2. The predicted molar refractivity (Wildman–Crippen MR) is 82.0 cm³/mol. The Balaban J connectivity index is 2.34. The highest BCUT2D eigenvalue weighted by Gasteiger charge is 2.30. The highest BCUT2D eigenvalue weighted by molar-refractivity contribution is 5.97. The van der Waals surface area contributed by atoms with E-state index in [1.165, 1.54) is 0 Å². The number of hydrogen-bond donors (Lipinski definition) is 3. The van der Waals surface area contributed by atoms with Crippen molar-refractivity contribution in [2.24, 2.45) is 0 Å². The average molecular weight is 315 g/mol. The standard InChI is InChI=1S/C13H9N5O5/c19-13-15-8-6-9(17(20)21)11(12(18(22)23)10(8)16-13)14-7-4-2-1-3-5-7/h1-6,14H,(H2,15,16,19). The Morgan fingerprint density at radius 3 is 2.30 bits per heavy atom. The summed E-state index contributed by atoms with van der Waals surface area (Å²) in [6, 6.07) is 9.38. The van der Waals surface area contributed by atoms with Crippen molar-refractivity contribution in [2.75, 3.05) is 5.32 Å². The molecule has 1 heterocycles. The molecule has 0 aliphatic carbocycles. The maximum absolute atomic E-state index is 11.4. The Morgan fingerprint density at radius 1 is 1.00 bits per heavy atom. The normalized spacial score (nSPS) is 10.6. The van der Waals surface area contributed by atoms with Crippen LogP contribution in [-0.2, 0) is 0 Å². The summed E-state index contributed by atoms with van der Waals surface area (Å²) in [4.78, 5) is 37.1. The lowest BCUT2D eigenvalue weighted by Crippen LogP contribution is -2.03. The fourth-order valence-corrected chi connectivity index (χ4v) is 2.26. The first-order chi connectivity index (χ1) is 11.0. The molecule has 0 bridgehead atoms. The van der Waals surface area contributed by atoms with Crippen LogP contribution in [0.4, 0.5) is 22.7 Å². The molecular formula is C13H9N5O5. The van der Waals surface area contributed by atoms with Gasteiger partial charge < -0.3 is 10.3 Å². The van der Waals surface area contributed by atoms with Crippen LogP contribution in [0.2, 0.25) is 0 Å². The summed E-state index contributed by atoms with van der Waals surface area (Å²) >= 11 is 0. The van der Waals surface area contributed by atoms with Gasteiger partial charge in [-0.15, -0.1) is 0 Å². The van der Waals surface area contributed by atoms with Gasteiger partial charge in [0.1, 0.15) is 5.52 Å². The van der Waals surface area contributed by atoms with E-state index < -0.39 is 26.9 Å². The van der Waals surface area contributed by atoms with Crippen LogP contribution in [0.3, 0.4) is 0 Å². The Hall–Kier alpha value is -3.69. The summed E-state index contributed by atoms with van der Waals surface area (Å²) in [5, 5.41) is 25.4. The number of nitrogens with zero attached hydrogens (tertiary/aromatic N) is 2. The van der Waals surface area contributed by atoms with E-state index in [4.69, 9.17) is 0 Å². The molecule has 1 aromatic heterocycles. The Morgan fingerprint density at radius 2 is 1.70 bits per heavy atom. The molecule has 3 N–H and O–H groups in total. The molecule has 116 valence electrons. The van der Waals surface area contributed by atoms with Gasteiger partial charge in [0, 0.05) is 11.8 Å². The highest BCUT2D eigenvalue weighted by Crippen LogP contribution is 2.40. The number of para-hydroxylation sites is 1. The number of hydrogen-bond acceptors (Lipinski definition) is 6. The molecule has 0 aliphatic rings. The molecule has 0 aliphatic heterocycles. The maximum Gasteiger partial charge on any atom is 0.325 e. The Bertz CT molecular complexity index is 976. The summed E-state index contributed by atoms with van der Waals surface area (Å²) in [7, 11) is 0. The van der Waals surface area contributed by atoms with E-state index in [-0.39, 0.29) is 16.7 Å².